The normalized spacial score (nSPS) is 15.7. The standard InChI is InChI=1S/C23H36N4O7/c1-11(2)18(27-22(32)19(12(3)4)26-20(30)17(24)13(5)28)21(31)25-16(23(33)34)10-14-6-8-15(29)9-7-14/h6-9,11-13,16-19,28-29H,10,24H2,1-5H3,(H,25,31)(H,26,30)(H,27,32)(H,33,34). The Labute approximate surface area is 199 Å². The van der Waals surface area contributed by atoms with E-state index in [1.807, 2.05) is 0 Å². The van der Waals surface area contributed by atoms with Gasteiger partial charge in [0, 0.05) is 6.42 Å². The SMILES string of the molecule is CC(C)C(NC(=O)C(N)C(C)O)C(=O)NC(C(=O)NC(Cc1ccc(O)cc1)C(=O)O)C(C)C. The minimum absolute atomic E-state index is 0.0258. The highest BCUT2D eigenvalue weighted by atomic mass is 16.4. The molecular formula is C23H36N4O7. The number of aliphatic hydroxyl groups is 1. The smallest absolute Gasteiger partial charge is 0.326 e. The second-order valence-corrected chi connectivity index (χ2v) is 9.00. The second-order valence-electron chi connectivity index (χ2n) is 9.00. The van der Waals surface area contributed by atoms with Crippen molar-refractivity contribution in [3.8, 4) is 5.75 Å². The average Bonchev–Trinajstić information content (AvgIpc) is 2.74. The first-order valence-electron chi connectivity index (χ1n) is 11.1. The fourth-order valence-electron chi connectivity index (χ4n) is 3.11. The Kier molecular flexibility index (Phi) is 10.9. The summed E-state index contributed by atoms with van der Waals surface area (Å²) in [5.41, 5.74) is 6.22. The van der Waals surface area contributed by atoms with E-state index in [-0.39, 0.29) is 18.1 Å². The lowest BCUT2D eigenvalue weighted by molar-refractivity contribution is -0.142. The first-order chi connectivity index (χ1) is 15.7. The van der Waals surface area contributed by atoms with Gasteiger partial charge < -0.3 is 37.0 Å². The molecule has 0 aliphatic carbocycles. The molecule has 0 heterocycles. The summed E-state index contributed by atoms with van der Waals surface area (Å²) >= 11 is 0. The lowest BCUT2D eigenvalue weighted by atomic mass is 9.98. The van der Waals surface area contributed by atoms with Crippen LogP contribution in [0.2, 0.25) is 0 Å². The molecule has 0 aliphatic heterocycles. The molecule has 5 atom stereocenters. The number of carbonyl (C=O) groups is 4. The quantitative estimate of drug-likeness (QED) is 0.208. The molecule has 1 aromatic carbocycles. The van der Waals surface area contributed by atoms with E-state index in [0.717, 1.165) is 0 Å². The van der Waals surface area contributed by atoms with Crippen LogP contribution in [0.25, 0.3) is 0 Å². The number of carboxylic acids is 1. The number of phenols is 1. The fraction of sp³-hybridized carbons (Fsp3) is 0.565. The van der Waals surface area contributed by atoms with Crippen molar-refractivity contribution in [1.82, 2.24) is 16.0 Å². The summed E-state index contributed by atoms with van der Waals surface area (Å²) < 4.78 is 0. The fourth-order valence-corrected chi connectivity index (χ4v) is 3.11. The molecule has 3 amide bonds. The van der Waals surface area contributed by atoms with E-state index >= 15 is 0 Å². The number of hydrogen-bond acceptors (Lipinski definition) is 7. The van der Waals surface area contributed by atoms with Crippen LogP contribution in [0.3, 0.4) is 0 Å². The van der Waals surface area contributed by atoms with Gasteiger partial charge in [-0.2, -0.15) is 0 Å². The maximum absolute atomic E-state index is 12.9. The minimum atomic E-state index is -1.26. The molecule has 0 spiro atoms. The monoisotopic (exact) mass is 480 g/mol. The van der Waals surface area contributed by atoms with Crippen molar-refractivity contribution in [2.45, 2.75) is 71.3 Å². The summed E-state index contributed by atoms with van der Waals surface area (Å²) in [6.45, 7) is 8.12. The summed E-state index contributed by atoms with van der Waals surface area (Å²) in [4.78, 5) is 49.8. The third kappa shape index (κ3) is 8.64. The Morgan fingerprint density at radius 2 is 1.26 bits per heavy atom. The van der Waals surface area contributed by atoms with Gasteiger partial charge in [0.25, 0.3) is 0 Å². The third-order valence-electron chi connectivity index (χ3n) is 5.31. The Morgan fingerprint density at radius 3 is 1.68 bits per heavy atom. The number of aliphatic carboxylic acids is 1. The van der Waals surface area contributed by atoms with Gasteiger partial charge in [0.15, 0.2) is 0 Å². The number of carbonyl (C=O) groups excluding carboxylic acids is 3. The predicted molar refractivity (Wildman–Crippen MR) is 125 cm³/mol. The first-order valence-corrected chi connectivity index (χ1v) is 11.1. The summed E-state index contributed by atoms with van der Waals surface area (Å²) in [6.07, 6.45) is -1.14. The molecular weight excluding hydrogens is 444 g/mol. The lowest BCUT2D eigenvalue weighted by Gasteiger charge is -2.28. The number of rotatable bonds is 12. The van der Waals surface area contributed by atoms with Crippen molar-refractivity contribution in [2.75, 3.05) is 0 Å². The van der Waals surface area contributed by atoms with E-state index in [0.29, 0.717) is 5.56 Å². The van der Waals surface area contributed by atoms with Crippen LogP contribution in [-0.4, -0.2) is 69.3 Å². The van der Waals surface area contributed by atoms with Crippen LogP contribution >= 0.6 is 0 Å². The van der Waals surface area contributed by atoms with E-state index in [2.05, 4.69) is 16.0 Å². The van der Waals surface area contributed by atoms with Gasteiger partial charge in [0.2, 0.25) is 17.7 Å². The van der Waals surface area contributed by atoms with Crippen LogP contribution in [0.5, 0.6) is 5.75 Å². The summed E-state index contributed by atoms with van der Waals surface area (Å²) in [5.74, 6) is -4.02. The molecule has 190 valence electrons. The average molecular weight is 481 g/mol. The van der Waals surface area contributed by atoms with E-state index < -0.39 is 59.9 Å². The van der Waals surface area contributed by atoms with E-state index in [4.69, 9.17) is 5.73 Å². The number of hydrogen-bond donors (Lipinski definition) is 7. The number of nitrogens with one attached hydrogen (secondary N) is 3. The van der Waals surface area contributed by atoms with Crippen molar-refractivity contribution >= 4 is 23.7 Å². The molecule has 0 aromatic heterocycles. The first kappa shape index (κ1) is 28.9. The van der Waals surface area contributed by atoms with E-state index in [1.165, 1.54) is 19.1 Å². The molecule has 0 saturated heterocycles. The zero-order valence-electron chi connectivity index (χ0n) is 20.1. The van der Waals surface area contributed by atoms with Gasteiger partial charge in [-0.1, -0.05) is 39.8 Å². The third-order valence-corrected chi connectivity index (χ3v) is 5.31. The van der Waals surface area contributed by atoms with Crippen LogP contribution in [0.15, 0.2) is 24.3 Å². The van der Waals surface area contributed by atoms with Gasteiger partial charge in [0.05, 0.1) is 6.10 Å². The Hall–Kier alpha value is -3.18. The van der Waals surface area contributed by atoms with Crippen molar-refractivity contribution < 1.29 is 34.5 Å². The zero-order chi connectivity index (χ0) is 26.2. The maximum atomic E-state index is 12.9. The molecule has 1 aromatic rings. The van der Waals surface area contributed by atoms with Crippen molar-refractivity contribution in [1.29, 1.82) is 0 Å². The minimum Gasteiger partial charge on any atom is -0.508 e. The Balaban J connectivity index is 2.95. The Morgan fingerprint density at radius 1 is 0.824 bits per heavy atom. The molecule has 5 unspecified atom stereocenters. The van der Waals surface area contributed by atoms with Gasteiger partial charge in [-0.05, 0) is 36.5 Å². The molecule has 11 nitrogen and oxygen atoms in total. The van der Waals surface area contributed by atoms with Crippen molar-refractivity contribution in [3.63, 3.8) is 0 Å². The maximum Gasteiger partial charge on any atom is 0.326 e. The molecule has 8 N–H and O–H groups in total. The number of aliphatic hydroxyl groups excluding tert-OH is 1. The lowest BCUT2D eigenvalue weighted by Crippen LogP contribution is -2.60. The molecule has 0 fully saturated rings. The summed E-state index contributed by atoms with van der Waals surface area (Å²) in [6, 6.07) is 1.33. The number of carboxylic acid groups (broad SMARTS) is 1. The van der Waals surface area contributed by atoms with Crippen LogP contribution in [0, 0.1) is 11.8 Å². The number of phenolic OH excluding ortho intramolecular Hbond substituents is 1. The molecule has 0 bridgehead atoms. The molecule has 0 saturated carbocycles. The molecule has 34 heavy (non-hydrogen) atoms. The predicted octanol–water partition coefficient (Wildman–Crippen LogP) is -0.506. The van der Waals surface area contributed by atoms with Gasteiger partial charge in [-0.25, -0.2) is 4.79 Å². The van der Waals surface area contributed by atoms with Crippen LogP contribution in [0.1, 0.15) is 40.2 Å². The second kappa shape index (κ2) is 12.9. The highest BCUT2D eigenvalue weighted by Gasteiger charge is 2.33. The number of benzene rings is 1. The largest absolute Gasteiger partial charge is 0.508 e. The Bertz CT molecular complexity index is 855. The van der Waals surface area contributed by atoms with Crippen LogP contribution < -0.4 is 21.7 Å². The van der Waals surface area contributed by atoms with Gasteiger partial charge >= 0.3 is 5.97 Å². The molecule has 0 aliphatic rings. The van der Waals surface area contributed by atoms with Crippen molar-refractivity contribution in [3.05, 3.63) is 29.8 Å². The number of amides is 3. The van der Waals surface area contributed by atoms with E-state index in [9.17, 15) is 34.5 Å². The summed E-state index contributed by atoms with van der Waals surface area (Å²) in [7, 11) is 0. The topological polar surface area (TPSA) is 191 Å². The van der Waals surface area contributed by atoms with Gasteiger partial charge in [-0.15, -0.1) is 0 Å². The highest BCUT2D eigenvalue weighted by molar-refractivity contribution is 5.94. The van der Waals surface area contributed by atoms with Crippen LogP contribution in [-0.2, 0) is 25.6 Å². The van der Waals surface area contributed by atoms with Crippen LogP contribution in [0.4, 0.5) is 0 Å². The molecule has 1 rings (SSSR count). The van der Waals surface area contributed by atoms with E-state index in [1.54, 1.807) is 39.8 Å². The molecule has 0 radical (unpaired) electrons. The van der Waals surface area contributed by atoms with Gasteiger partial charge in [0.1, 0.15) is 29.9 Å². The highest BCUT2D eigenvalue weighted by Crippen LogP contribution is 2.12. The molecule has 11 heteroatoms. The number of aromatic hydroxyl groups is 1. The van der Waals surface area contributed by atoms with Gasteiger partial charge in [-0.3, -0.25) is 14.4 Å². The zero-order valence-corrected chi connectivity index (χ0v) is 20.1. The summed E-state index contributed by atoms with van der Waals surface area (Å²) in [5, 5.41) is 36.0. The van der Waals surface area contributed by atoms with Crippen molar-refractivity contribution in [2.24, 2.45) is 17.6 Å². The number of nitrogens with two attached hydrogens (primary N) is 1.